The summed E-state index contributed by atoms with van der Waals surface area (Å²) in [6.45, 7) is 4.69. The van der Waals surface area contributed by atoms with Crippen LogP contribution in [0.3, 0.4) is 0 Å². The van der Waals surface area contributed by atoms with Gasteiger partial charge in [0.25, 0.3) is 0 Å². The Morgan fingerprint density at radius 1 is 0.619 bits per heavy atom. The summed E-state index contributed by atoms with van der Waals surface area (Å²) in [7, 11) is 0. The summed E-state index contributed by atoms with van der Waals surface area (Å²) in [5, 5.41) is 0. The number of rotatable bonds is 17. The van der Waals surface area contributed by atoms with Crippen LogP contribution in [0.15, 0.2) is 0 Å². The molecule has 0 bridgehead atoms. The van der Waals surface area contributed by atoms with Crippen molar-refractivity contribution in [2.75, 3.05) is 12.0 Å². The fraction of sp³-hybridized carbons (Fsp3) is 1.00. The molecule has 0 radical (unpaired) electrons. The first-order chi connectivity index (χ1) is 10.3. The second-order valence-electron chi connectivity index (χ2n) is 6.73. The van der Waals surface area contributed by atoms with Gasteiger partial charge in [-0.1, -0.05) is 104 Å². The summed E-state index contributed by atoms with van der Waals surface area (Å²) >= 11 is 1.99. The van der Waals surface area contributed by atoms with Crippen LogP contribution in [0.1, 0.15) is 110 Å². The van der Waals surface area contributed by atoms with E-state index in [4.69, 9.17) is 0 Å². The first-order valence-electron chi connectivity index (χ1n) is 9.84. The second kappa shape index (κ2) is 18.4. The van der Waals surface area contributed by atoms with E-state index in [0.717, 1.165) is 5.92 Å². The maximum absolute atomic E-state index is 2.37. The van der Waals surface area contributed by atoms with Gasteiger partial charge in [-0.05, 0) is 24.3 Å². The van der Waals surface area contributed by atoms with Crippen LogP contribution < -0.4 is 0 Å². The summed E-state index contributed by atoms with van der Waals surface area (Å²) in [5.41, 5.74) is 0. The van der Waals surface area contributed by atoms with Gasteiger partial charge in [0.15, 0.2) is 0 Å². The smallest absolute Gasteiger partial charge is 0.00703 e. The van der Waals surface area contributed by atoms with E-state index in [1.807, 2.05) is 11.8 Å². The second-order valence-corrected chi connectivity index (χ2v) is 7.72. The predicted octanol–water partition coefficient (Wildman–Crippen LogP) is 7.86. The van der Waals surface area contributed by atoms with Gasteiger partial charge >= 0.3 is 0 Å². The average Bonchev–Trinajstić information content (AvgIpc) is 2.51. The lowest BCUT2D eigenvalue weighted by Crippen LogP contribution is -1.98. The fourth-order valence-electron chi connectivity index (χ4n) is 3.14. The van der Waals surface area contributed by atoms with Crippen molar-refractivity contribution in [2.45, 2.75) is 110 Å². The zero-order chi connectivity index (χ0) is 15.6. The largest absolute Gasteiger partial charge is 0.165 e. The Bertz CT molecular complexity index is 179. The molecular weight excluding hydrogens is 272 g/mol. The van der Waals surface area contributed by atoms with Crippen LogP contribution in [0.5, 0.6) is 0 Å². The van der Waals surface area contributed by atoms with Crippen LogP contribution in [-0.2, 0) is 0 Å². The third kappa shape index (κ3) is 16.5. The van der Waals surface area contributed by atoms with Crippen LogP contribution in [0.25, 0.3) is 0 Å². The Balaban J connectivity index is 3.14. The summed E-state index contributed by atoms with van der Waals surface area (Å²) in [6.07, 6.45) is 24.1. The molecule has 1 heteroatoms. The molecule has 0 aliphatic heterocycles. The molecule has 0 fully saturated rings. The highest BCUT2D eigenvalue weighted by Gasteiger charge is 2.04. The molecule has 0 amide bonds. The molecule has 0 heterocycles. The predicted molar refractivity (Wildman–Crippen MR) is 102 cm³/mol. The van der Waals surface area contributed by atoms with Gasteiger partial charge in [-0.2, -0.15) is 11.8 Å². The summed E-state index contributed by atoms with van der Waals surface area (Å²) in [5.74, 6) is 2.38. The monoisotopic (exact) mass is 314 g/mol. The number of hydrogen-bond acceptors (Lipinski definition) is 1. The molecule has 0 aliphatic rings. The van der Waals surface area contributed by atoms with Gasteiger partial charge < -0.3 is 0 Å². The van der Waals surface area contributed by atoms with Crippen LogP contribution in [0, 0.1) is 5.92 Å². The van der Waals surface area contributed by atoms with Crippen molar-refractivity contribution in [3.8, 4) is 0 Å². The van der Waals surface area contributed by atoms with Crippen molar-refractivity contribution in [1.29, 1.82) is 0 Å². The molecule has 0 aromatic rings. The minimum absolute atomic E-state index is 1.02. The minimum Gasteiger partial charge on any atom is -0.165 e. The van der Waals surface area contributed by atoms with Crippen molar-refractivity contribution in [1.82, 2.24) is 0 Å². The molecule has 0 nitrogen and oxygen atoms in total. The molecule has 0 rings (SSSR count). The maximum atomic E-state index is 2.37. The molecule has 128 valence electrons. The lowest BCUT2D eigenvalue weighted by Gasteiger charge is -2.13. The summed E-state index contributed by atoms with van der Waals surface area (Å²) < 4.78 is 0. The van der Waals surface area contributed by atoms with Crippen molar-refractivity contribution in [2.24, 2.45) is 5.92 Å². The van der Waals surface area contributed by atoms with E-state index >= 15 is 0 Å². The number of thioether (sulfide) groups is 1. The van der Waals surface area contributed by atoms with Gasteiger partial charge in [0.2, 0.25) is 0 Å². The minimum atomic E-state index is 1.02. The SMILES string of the molecule is CCCCC(CC)CCCCCCCCCCCCSC. The van der Waals surface area contributed by atoms with E-state index in [1.165, 1.54) is 102 Å². The van der Waals surface area contributed by atoms with E-state index in [1.54, 1.807) is 0 Å². The number of unbranched alkanes of at least 4 members (excludes halogenated alkanes) is 10. The van der Waals surface area contributed by atoms with Crippen LogP contribution in [0.2, 0.25) is 0 Å². The molecule has 0 N–H and O–H groups in total. The Labute approximate surface area is 140 Å². The van der Waals surface area contributed by atoms with Gasteiger partial charge in [0, 0.05) is 0 Å². The molecule has 0 saturated heterocycles. The molecule has 0 aromatic heterocycles. The molecule has 0 aliphatic carbocycles. The van der Waals surface area contributed by atoms with Crippen LogP contribution in [0.4, 0.5) is 0 Å². The van der Waals surface area contributed by atoms with Crippen LogP contribution >= 0.6 is 11.8 Å². The highest BCUT2D eigenvalue weighted by atomic mass is 32.2. The Morgan fingerprint density at radius 3 is 1.57 bits per heavy atom. The molecule has 1 atom stereocenters. The quantitative estimate of drug-likeness (QED) is 0.246. The lowest BCUT2D eigenvalue weighted by molar-refractivity contribution is 0.399. The van der Waals surface area contributed by atoms with Crippen molar-refractivity contribution >= 4 is 11.8 Å². The van der Waals surface area contributed by atoms with Gasteiger partial charge in [0.1, 0.15) is 0 Å². The maximum Gasteiger partial charge on any atom is -0.00703 e. The highest BCUT2D eigenvalue weighted by Crippen LogP contribution is 2.20. The number of hydrogen-bond donors (Lipinski definition) is 0. The summed E-state index contributed by atoms with van der Waals surface area (Å²) in [4.78, 5) is 0. The standard InChI is InChI=1S/C20H42S/c1-4-6-17-20(5-2)18-15-13-11-9-7-8-10-12-14-16-19-21-3/h20H,4-19H2,1-3H3. The first kappa shape index (κ1) is 21.4. The highest BCUT2D eigenvalue weighted by molar-refractivity contribution is 7.98. The third-order valence-electron chi connectivity index (χ3n) is 4.75. The van der Waals surface area contributed by atoms with Crippen molar-refractivity contribution < 1.29 is 0 Å². The van der Waals surface area contributed by atoms with Gasteiger partial charge in [-0.3, -0.25) is 0 Å². The fourth-order valence-corrected chi connectivity index (χ4v) is 3.63. The zero-order valence-electron chi connectivity index (χ0n) is 15.3. The molecule has 0 saturated carbocycles. The molecule has 1 unspecified atom stereocenters. The van der Waals surface area contributed by atoms with E-state index in [2.05, 4.69) is 20.1 Å². The van der Waals surface area contributed by atoms with Gasteiger partial charge in [0.05, 0.1) is 0 Å². The van der Waals surface area contributed by atoms with E-state index < -0.39 is 0 Å². The average molecular weight is 315 g/mol. The van der Waals surface area contributed by atoms with E-state index in [-0.39, 0.29) is 0 Å². The van der Waals surface area contributed by atoms with Crippen LogP contribution in [-0.4, -0.2) is 12.0 Å². The Kier molecular flexibility index (Phi) is 18.7. The molecule has 0 aromatic carbocycles. The van der Waals surface area contributed by atoms with Crippen molar-refractivity contribution in [3.05, 3.63) is 0 Å². The lowest BCUT2D eigenvalue weighted by atomic mass is 9.93. The topological polar surface area (TPSA) is 0 Å². The molecule has 0 spiro atoms. The third-order valence-corrected chi connectivity index (χ3v) is 5.45. The van der Waals surface area contributed by atoms with Gasteiger partial charge in [-0.15, -0.1) is 0 Å². The van der Waals surface area contributed by atoms with Crippen molar-refractivity contribution in [3.63, 3.8) is 0 Å². The Morgan fingerprint density at radius 2 is 1.10 bits per heavy atom. The van der Waals surface area contributed by atoms with Gasteiger partial charge in [-0.25, -0.2) is 0 Å². The normalized spacial score (nSPS) is 12.7. The van der Waals surface area contributed by atoms with E-state index in [9.17, 15) is 0 Å². The summed E-state index contributed by atoms with van der Waals surface area (Å²) in [6, 6.07) is 0. The zero-order valence-corrected chi connectivity index (χ0v) is 16.1. The molecule has 21 heavy (non-hydrogen) atoms. The first-order valence-corrected chi connectivity index (χ1v) is 11.2. The van der Waals surface area contributed by atoms with E-state index in [0.29, 0.717) is 0 Å². The molecular formula is C20H42S. The Hall–Kier alpha value is 0.350.